The normalized spacial score (nSPS) is 41.2. The van der Waals surface area contributed by atoms with Crippen molar-refractivity contribution in [2.45, 2.75) is 35.2 Å². The van der Waals surface area contributed by atoms with Gasteiger partial charge in [-0.3, -0.25) is 4.55 Å². The lowest BCUT2D eigenvalue weighted by molar-refractivity contribution is -0.143. The molecule has 0 aliphatic carbocycles. The molecule has 6 atom stereocenters. The van der Waals surface area contributed by atoms with E-state index in [4.69, 9.17) is 9.29 Å². The Bertz CT molecular complexity index is 359. The second-order valence-electron chi connectivity index (χ2n) is 4.24. The summed E-state index contributed by atoms with van der Waals surface area (Å²) in [6.45, 7) is 5.50. The molecular formula is C10H14O4S3. The molecular weight excluding hydrogens is 280 g/mol. The monoisotopic (exact) mass is 294 g/mol. The Morgan fingerprint density at radius 3 is 3.00 bits per heavy atom. The Hall–Kier alpha value is 0.0200. The van der Waals surface area contributed by atoms with Crippen LogP contribution in [-0.2, 0) is 19.6 Å². The van der Waals surface area contributed by atoms with Gasteiger partial charge in [-0.25, -0.2) is 9.00 Å². The summed E-state index contributed by atoms with van der Waals surface area (Å²) >= 11 is 1.77. The summed E-state index contributed by atoms with van der Waals surface area (Å²) in [5.74, 6) is 0.0289. The van der Waals surface area contributed by atoms with Crippen LogP contribution in [0.1, 0.15) is 13.3 Å². The predicted molar refractivity (Wildman–Crippen MR) is 71.2 cm³/mol. The van der Waals surface area contributed by atoms with Gasteiger partial charge in [0.1, 0.15) is 6.10 Å². The van der Waals surface area contributed by atoms with Crippen molar-refractivity contribution in [2.75, 3.05) is 0 Å². The Labute approximate surface area is 111 Å². The van der Waals surface area contributed by atoms with Gasteiger partial charge in [0.05, 0.1) is 5.25 Å². The minimum atomic E-state index is -1.92. The number of hydrogen-bond acceptors (Lipinski definition) is 5. The maximum absolute atomic E-state index is 11.3. The summed E-state index contributed by atoms with van der Waals surface area (Å²) in [5, 5.41) is 0.458. The highest BCUT2D eigenvalue weighted by Gasteiger charge is 2.54. The fourth-order valence-corrected chi connectivity index (χ4v) is 7.05. The van der Waals surface area contributed by atoms with Crippen LogP contribution < -0.4 is 0 Å². The van der Waals surface area contributed by atoms with E-state index in [-0.39, 0.29) is 16.6 Å². The molecule has 0 radical (unpaired) electrons. The average Bonchev–Trinajstić information content (AvgIpc) is 2.76. The molecule has 0 aromatic rings. The van der Waals surface area contributed by atoms with Crippen LogP contribution in [0, 0.1) is 5.92 Å². The SMILES string of the molecule is C=CC(=O)OC1C2SC(CC2C)C1SS(=O)O. The van der Waals surface area contributed by atoms with Crippen molar-refractivity contribution in [3.8, 4) is 0 Å². The number of hydrogen-bond donors (Lipinski definition) is 1. The van der Waals surface area contributed by atoms with Gasteiger partial charge >= 0.3 is 5.97 Å². The maximum atomic E-state index is 11.3. The van der Waals surface area contributed by atoms with E-state index < -0.39 is 16.1 Å². The van der Waals surface area contributed by atoms with Crippen LogP contribution in [0.15, 0.2) is 12.7 Å². The van der Waals surface area contributed by atoms with Crippen molar-refractivity contribution in [2.24, 2.45) is 5.92 Å². The van der Waals surface area contributed by atoms with E-state index in [1.165, 1.54) is 0 Å². The molecule has 6 unspecified atom stereocenters. The van der Waals surface area contributed by atoms with Gasteiger partial charge in [0, 0.05) is 16.6 Å². The van der Waals surface area contributed by atoms with Gasteiger partial charge in [-0.2, -0.15) is 0 Å². The molecule has 0 amide bonds. The van der Waals surface area contributed by atoms with Gasteiger partial charge in [-0.05, 0) is 23.1 Å². The van der Waals surface area contributed by atoms with Crippen LogP contribution in [0.4, 0.5) is 0 Å². The zero-order valence-electron chi connectivity index (χ0n) is 9.28. The van der Waals surface area contributed by atoms with E-state index in [0.29, 0.717) is 11.2 Å². The molecule has 0 aromatic carbocycles. The van der Waals surface area contributed by atoms with Gasteiger partial charge in [0.25, 0.3) is 0 Å². The summed E-state index contributed by atoms with van der Waals surface area (Å²) < 4.78 is 25.2. The highest BCUT2D eigenvalue weighted by molar-refractivity contribution is 8.67. The van der Waals surface area contributed by atoms with Crippen LogP contribution in [-0.4, -0.2) is 36.6 Å². The summed E-state index contributed by atoms with van der Waals surface area (Å²) in [4.78, 5) is 11.3. The molecule has 1 N–H and O–H groups in total. The summed E-state index contributed by atoms with van der Waals surface area (Å²) in [6.07, 6.45) is 1.88. The maximum Gasteiger partial charge on any atom is 0.330 e. The zero-order chi connectivity index (χ0) is 12.6. The average molecular weight is 294 g/mol. The molecule has 17 heavy (non-hydrogen) atoms. The van der Waals surface area contributed by atoms with E-state index in [0.717, 1.165) is 23.3 Å². The molecule has 0 saturated carbocycles. The molecule has 2 aliphatic heterocycles. The largest absolute Gasteiger partial charge is 0.457 e. The molecule has 0 spiro atoms. The van der Waals surface area contributed by atoms with Gasteiger partial charge in [0.2, 0.25) is 10.1 Å². The molecule has 96 valence electrons. The molecule has 2 fully saturated rings. The molecule has 2 aliphatic rings. The molecule has 2 heterocycles. The van der Waals surface area contributed by atoms with E-state index in [2.05, 4.69) is 13.5 Å². The summed E-state index contributed by atoms with van der Waals surface area (Å²) in [7, 11) is -0.936. The number of fused-ring (bicyclic) bond motifs is 2. The number of esters is 1. The zero-order valence-corrected chi connectivity index (χ0v) is 11.7. The smallest absolute Gasteiger partial charge is 0.330 e. The number of ether oxygens (including phenoxy) is 1. The van der Waals surface area contributed by atoms with E-state index in [9.17, 15) is 9.00 Å². The number of carbonyl (C=O) groups excluding carboxylic acids is 1. The third-order valence-electron chi connectivity index (χ3n) is 3.12. The lowest BCUT2D eigenvalue weighted by atomic mass is 9.88. The van der Waals surface area contributed by atoms with Gasteiger partial charge in [0.15, 0.2) is 0 Å². The Balaban J connectivity index is 2.10. The first-order chi connectivity index (χ1) is 8.02. The number of carbonyl (C=O) groups is 1. The highest BCUT2D eigenvalue weighted by Crippen LogP contribution is 2.54. The molecule has 2 rings (SSSR count). The minimum absolute atomic E-state index is 0.0871. The third-order valence-corrected chi connectivity index (χ3v) is 7.32. The lowest BCUT2D eigenvalue weighted by Gasteiger charge is -2.30. The second kappa shape index (κ2) is 5.34. The van der Waals surface area contributed by atoms with Crippen molar-refractivity contribution in [3.63, 3.8) is 0 Å². The molecule has 7 heteroatoms. The van der Waals surface area contributed by atoms with Gasteiger partial charge in [-0.1, -0.05) is 13.5 Å². The first-order valence-electron chi connectivity index (χ1n) is 5.29. The van der Waals surface area contributed by atoms with Crippen molar-refractivity contribution in [1.29, 1.82) is 0 Å². The van der Waals surface area contributed by atoms with Crippen LogP contribution in [0.2, 0.25) is 0 Å². The highest BCUT2D eigenvalue weighted by atomic mass is 33.1. The fraction of sp³-hybridized carbons (Fsp3) is 0.700. The Kier molecular flexibility index (Phi) is 4.22. The predicted octanol–water partition coefficient (Wildman–Crippen LogP) is 1.85. The van der Waals surface area contributed by atoms with Crippen LogP contribution in [0.5, 0.6) is 0 Å². The number of thioether (sulfide) groups is 1. The Morgan fingerprint density at radius 2 is 2.41 bits per heavy atom. The standard InChI is InChI=1S/C10H14O4S3/c1-3-7(11)14-8-9-5(2)4-6(15-9)10(8)16-17(12)13/h3,5-6,8-10H,1,4H2,2H3,(H,12,13). The van der Waals surface area contributed by atoms with Gasteiger partial charge in [-0.15, -0.1) is 11.8 Å². The van der Waals surface area contributed by atoms with Crippen molar-refractivity contribution < 1.29 is 18.3 Å². The quantitative estimate of drug-likeness (QED) is 0.369. The van der Waals surface area contributed by atoms with E-state index >= 15 is 0 Å². The minimum Gasteiger partial charge on any atom is -0.457 e. The third kappa shape index (κ3) is 2.72. The van der Waals surface area contributed by atoms with Crippen molar-refractivity contribution in [1.82, 2.24) is 0 Å². The number of rotatable bonds is 4. The summed E-state index contributed by atoms with van der Waals surface area (Å²) in [5.41, 5.74) is 0. The molecule has 4 nitrogen and oxygen atoms in total. The lowest BCUT2D eigenvalue weighted by Crippen LogP contribution is -2.42. The van der Waals surface area contributed by atoms with E-state index in [1.807, 2.05) is 0 Å². The van der Waals surface area contributed by atoms with Crippen LogP contribution >= 0.6 is 22.6 Å². The van der Waals surface area contributed by atoms with Crippen molar-refractivity contribution >= 4 is 38.6 Å². The molecule has 2 saturated heterocycles. The second-order valence-corrected chi connectivity index (χ2v) is 8.26. The van der Waals surface area contributed by atoms with Crippen LogP contribution in [0.3, 0.4) is 0 Å². The van der Waals surface area contributed by atoms with E-state index in [1.54, 1.807) is 11.8 Å². The topological polar surface area (TPSA) is 63.6 Å². The molecule has 2 bridgehead atoms. The molecule has 0 aromatic heterocycles. The Morgan fingerprint density at radius 1 is 1.71 bits per heavy atom. The van der Waals surface area contributed by atoms with Crippen LogP contribution in [0.25, 0.3) is 0 Å². The fourth-order valence-electron chi connectivity index (χ4n) is 2.43. The van der Waals surface area contributed by atoms with Crippen molar-refractivity contribution in [3.05, 3.63) is 12.7 Å². The van der Waals surface area contributed by atoms with Gasteiger partial charge < -0.3 is 4.74 Å². The summed E-state index contributed by atoms with van der Waals surface area (Å²) in [6, 6.07) is 0. The first kappa shape index (κ1) is 13.5. The first-order valence-corrected chi connectivity index (χ1v) is 8.74.